The summed E-state index contributed by atoms with van der Waals surface area (Å²) in [4.78, 5) is 11.0. The van der Waals surface area contributed by atoms with E-state index >= 15 is 0 Å². The van der Waals surface area contributed by atoms with Gasteiger partial charge in [-0.2, -0.15) is 0 Å². The summed E-state index contributed by atoms with van der Waals surface area (Å²) in [6.45, 7) is 0. The summed E-state index contributed by atoms with van der Waals surface area (Å²) in [5.74, 6) is 0.813. The molecule has 264 valence electrons. The van der Waals surface area contributed by atoms with Crippen LogP contribution in [0.5, 0.6) is 0 Å². The Morgan fingerprint density at radius 3 is 1.86 bits per heavy atom. The smallest absolute Gasteiger partial charge is 0.165 e. The number of benzene rings is 9. The molecular formula is C52H30N4S. The van der Waals surface area contributed by atoms with Crippen LogP contribution in [0.15, 0.2) is 182 Å². The highest BCUT2D eigenvalue weighted by atomic mass is 32.1. The van der Waals surface area contributed by atoms with Gasteiger partial charge in [0.2, 0.25) is 0 Å². The molecule has 0 saturated carbocycles. The van der Waals surface area contributed by atoms with Gasteiger partial charge in [-0.05, 0) is 59.3 Å². The van der Waals surface area contributed by atoms with Crippen molar-refractivity contribution >= 4 is 108 Å². The van der Waals surface area contributed by atoms with E-state index in [1.807, 2.05) is 23.5 Å². The van der Waals surface area contributed by atoms with Gasteiger partial charge in [0.25, 0.3) is 0 Å². The Morgan fingerprint density at radius 1 is 0.386 bits per heavy atom. The van der Waals surface area contributed by atoms with Gasteiger partial charge in [0.1, 0.15) is 5.69 Å². The van der Waals surface area contributed by atoms with Crippen LogP contribution >= 0.6 is 11.3 Å². The van der Waals surface area contributed by atoms with E-state index < -0.39 is 0 Å². The van der Waals surface area contributed by atoms with Crippen LogP contribution in [0.1, 0.15) is 0 Å². The highest BCUT2D eigenvalue weighted by molar-refractivity contribution is 7.25. The Morgan fingerprint density at radius 2 is 1.02 bits per heavy atom. The first kappa shape index (κ1) is 30.9. The van der Waals surface area contributed by atoms with E-state index in [1.165, 1.54) is 74.6 Å². The minimum Gasteiger partial charge on any atom is -0.307 e. The third-order valence-electron chi connectivity index (χ3n) is 11.9. The van der Waals surface area contributed by atoms with E-state index in [-0.39, 0.29) is 0 Å². The molecule has 0 aliphatic heterocycles. The maximum absolute atomic E-state index is 5.53. The first-order chi connectivity index (χ1) is 28.3. The molecule has 4 aromatic heterocycles. The van der Waals surface area contributed by atoms with Gasteiger partial charge in [-0.25, -0.2) is 9.97 Å². The number of rotatable bonds is 3. The second-order valence-corrected chi connectivity index (χ2v) is 16.0. The Balaban J connectivity index is 1.22. The van der Waals surface area contributed by atoms with Crippen LogP contribution in [-0.2, 0) is 0 Å². The maximum atomic E-state index is 5.53. The summed E-state index contributed by atoms with van der Waals surface area (Å²) in [5.41, 5.74) is 9.36. The monoisotopic (exact) mass is 742 g/mol. The highest BCUT2D eigenvalue weighted by Gasteiger charge is 2.25. The Labute approximate surface area is 330 Å². The molecule has 0 atom stereocenters. The minimum atomic E-state index is 0.813. The third kappa shape index (κ3) is 4.32. The van der Waals surface area contributed by atoms with E-state index in [2.05, 4.69) is 179 Å². The molecule has 0 aliphatic rings. The minimum absolute atomic E-state index is 0.813. The maximum Gasteiger partial charge on any atom is 0.165 e. The zero-order chi connectivity index (χ0) is 37.2. The molecule has 13 aromatic rings. The number of hydrogen-bond acceptors (Lipinski definition) is 3. The zero-order valence-electron chi connectivity index (χ0n) is 30.5. The van der Waals surface area contributed by atoms with Gasteiger partial charge in [0, 0.05) is 58.1 Å². The van der Waals surface area contributed by atoms with Crippen LogP contribution in [0, 0.1) is 0 Å². The topological polar surface area (TPSA) is 35.6 Å². The van der Waals surface area contributed by atoms with E-state index in [9.17, 15) is 0 Å². The van der Waals surface area contributed by atoms with Gasteiger partial charge in [-0.1, -0.05) is 133 Å². The fraction of sp³-hybridized carbons (Fsp3) is 0. The van der Waals surface area contributed by atoms with Crippen molar-refractivity contribution < 1.29 is 0 Å². The van der Waals surface area contributed by atoms with Crippen LogP contribution in [0.2, 0.25) is 0 Å². The van der Waals surface area contributed by atoms with Crippen LogP contribution in [-0.4, -0.2) is 19.1 Å². The molecule has 57 heavy (non-hydrogen) atoms. The molecule has 13 rings (SSSR count). The molecule has 5 heteroatoms. The number of fused-ring (bicyclic) bond motifs is 13. The number of nitrogens with zero attached hydrogens (tertiary/aromatic N) is 4. The van der Waals surface area contributed by atoms with Crippen molar-refractivity contribution in [3.8, 4) is 22.8 Å². The Kier molecular flexibility index (Phi) is 6.29. The normalized spacial score (nSPS) is 12.2. The van der Waals surface area contributed by atoms with Gasteiger partial charge in [0.15, 0.2) is 5.82 Å². The molecule has 0 radical (unpaired) electrons. The number of hydrogen-bond donors (Lipinski definition) is 0. The molecule has 0 saturated heterocycles. The van der Waals surface area contributed by atoms with Crippen molar-refractivity contribution in [1.29, 1.82) is 0 Å². The predicted molar refractivity (Wildman–Crippen MR) is 242 cm³/mol. The van der Waals surface area contributed by atoms with Crippen LogP contribution < -0.4 is 0 Å². The molecule has 0 N–H and O–H groups in total. The van der Waals surface area contributed by atoms with Gasteiger partial charge < -0.3 is 4.57 Å². The lowest BCUT2D eigenvalue weighted by atomic mass is 10.0. The van der Waals surface area contributed by atoms with Crippen LogP contribution in [0.3, 0.4) is 0 Å². The summed E-state index contributed by atoms with van der Waals surface area (Å²) in [6, 6.07) is 65.9. The number of para-hydroxylation sites is 4. The van der Waals surface area contributed by atoms with Crippen molar-refractivity contribution in [3.05, 3.63) is 182 Å². The van der Waals surface area contributed by atoms with Crippen molar-refractivity contribution in [2.24, 2.45) is 0 Å². The van der Waals surface area contributed by atoms with Crippen LogP contribution in [0.25, 0.3) is 119 Å². The fourth-order valence-corrected chi connectivity index (χ4v) is 10.5. The first-order valence-electron chi connectivity index (χ1n) is 19.3. The van der Waals surface area contributed by atoms with E-state index in [0.717, 1.165) is 44.5 Å². The predicted octanol–water partition coefficient (Wildman–Crippen LogP) is 14.2. The highest BCUT2D eigenvalue weighted by Crippen LogP contribution is 2.46. The number of thiophene rings is 1. The quantitative estimate of drug-likeness (QED) is 0.181. The average molecular weight is 743 g/mol. The second kappa shape index (κ2) is 11.6. The Hall–Kier alpha value is -7.34. The van der Waals surface area contributed by atoms with Gasteiger partial charge >= 0.3 is 0 Å². The standard InChI is InChI=1S/C52H30N4S/c1-3-15-34-31(13-1)25-27-38-36-17-5-10-22-43(36)56(50(34)38)51-35-16-4-2-14-32(35)30-45-48(51)39-19-6-11-23-44(39)55(45)52-49(53-41-20-8-9-21-42(41)54-52)33-26-28-47-40(29-33)37-18-7-12-24-46(37)57-47/h1-30H. The first-order valence-corrected chi connectivity index (χ1v) is 20.2. The van der Waals surface area contributed by atoms with Crippen molar-refractivity contribution in [2.75, 3.05) is 0 Å². The van der Waals surface area contributed by atoms with Crippen molar-refractivity contribution in [1.82, 2.24) is 19.1 Å². The molecule has 0 unspecified atom stereocenters. The third-order valence-corrected chi connectivity index (χ3v) is 13.0. The molecule has 0 amide bonds. The summed E-state index contributed by atoms with van der Waals surface area (Å²) >= 11 is 1.83. The molecule has 4 heterocycles. The number of aromatic nitrogens is 4. The van der Waals surface area contributed by atoms with Gasteiger partial charge in [-0.3, -0.25) is 4.57 Å². The summed E-state index contributed by atoms with van der Waals surface area (Å²) in [5, 5.41) is 12.1. The molecule has 0 aliphatic carbocycles. The summed E-state index contributed by atoms with van der Waals surface area (Å²) in [6.07, 6.45) is 0. The van der Waals surface area contributed by atoms with Crippen molar-refractivity contribution in [3.63, 3.8) is 0 Å². The second-order valence-electron chi connectivity index (χ2n) is 14.9. The largest absolute Gasteiger partial charge is 0.307 e. The summed E-state index contributed by atoms with van der Waals surface area (Å²) in [7, 11) is 0. The van der Waals surface area contributed by atoms with Crippen molar-refractivity contribution in [2.45, 2.75) is 0 Å². The molecule has 0 bridgehead atoms. The SMILES string of the molecule is c1ccc2c(-n3c4ccccc4c4ccc5ccccc5c43)c3c4ccccc4n(-c4nc5ccccc5nc4-c4ccc5sc6ccccc6c5c4)c3cc2c1. The summed E-state index contributed by atoms with van der Waals surface area (Å²) < 4.78 is 7.46. The molecule has 9 aromatic carbocycles. The molecule has 0 spiro atoms. The van der Waals surface area contributed by atoms with E-state index in [1.54, 1.807) is 0 Å². The lowest BCUT2D eigenvalue weighted by Crippen LogP contribution is -2.04. The molecular weight excluding hydrogens is 713 g/mol. The van der Waals surface area contributed by atoms with Gasteiger partial charge in [0.05, 0.1) is 38.8 Å². The van der Waals surface area contributed by atoms with Gasteiger partial charge in [-0.15, -0.1) is 11.3 Å². The molecule has 4 nitrogen and oxygen atoms in total. The zero-order valence-corrected chi connectivity index (χ0v) is 31.3. The lowest BCUT2D eigenvalue weighted by molar-refractivity contribution is 1.08. The Bertz CT molecular complexity index is 3830. The molecule has 0 fully saturated rings. The average Bonchev–Trinajstić information content (AvgIpc) is 3.92. The van der Waals surface area contributed by atoms with E-state index in [0.29, 0.717) is 0 Å². The van der Waals surface area contributed by atoms with E-state index in [4.69, 9.17) is 9.97 Å². The lowest BCUT2D eigenvalue weighted by Gasteiger charge is -2.17. The fourth-order valence-electron chi connectivity index (χ4n) is 9.40. The van der Waals surface area contributed by atoms with Crippen LogP contribution in [0.4, 0.5) is 0 Å².